The van der Waals surface area contributed by atoms with Crippen molar-refractivity contribution in [1.82, 2.24) is 9.80 Å². The molecule has 2 saturated heterocycles. The molecule has 2 aliphatic rings. The molecule has 2 aromatic rings. The van der Waals surface area contributed by atoms with Crippen LogP contribution in [0.25, 0.3) is 5.76 Å². The number of ether oxygens (including phenoxy) is 2. The summed E-state index contributed by atoms with van der Waals surface area (Å²) in [6, 6.07) is 10.8. The van der Waals surface area contributed by atoms with E-state index < -0.39 is 17.7 Å². The number of benzene rings is 2. The number of hydrogen-bond acceptors (Lipinski definition) is 6. The maximum absolute atomic E-state index is 13.2. The molecule has 9 heteroatoms. The lowest BCUT2D eigenvalue weighted by molar-refractivity contribution is -0.140. The highest BCUT2D eigenvalue weighted by Crippen LogP contribution is 2.41. The molecular weight excluding hydrogens is 491 g/mol. The number of carbonyl (C=O) groups excluding carboxylic acids is 2. The summed E-state index contributed by atoms with van der Waals surface area (Å²) in [6.45, 7) is 7.60. The molecule has 0 saturated carbocycles. The topological polar surface area (TPSA) is 79.3 Å². The molecule has 0 unspecified atom stereocenters. The molecule has 1 atom stereocenters. The van der Waals surface area contributed by atoms with Crippen molar-refractivity contribution in [3.63, 3.8) is 0 Å². The van der Waals surface area contributed by atoms with Crippen LogP contribution in [0.1, 0.15) is 17.2 Å². The number of halogens is 2. The summed E-state index contributed by atoms with van der Waals surface area (Å²) in [6.07, 6.45) is 1.63. The molecule has 1 amide bonds. The number of aliphatic hydroxyl groups is 1. The van der Waals surface area contributed by atoms with Crippen LogP contribution in [0.5, 0.6) is 5.75 Å². The van der Waals surface area contributed by atoms with Crippen molar-refractivity contribution in [2.45, 2.75) is 6.04 Å². The van der Waals surface area contributed by atoms with Crippen LogP contribution in [0.4, 0.5) is 0 Å². The highest BCUT2D eigenvalue weighted by atomic mass is 35.5. The number of carbonyl (C=O) groups is 2. The molecule has 1 N–H and O–H groups in total. The first-order chi connectivity index (χ1) is 16.9. The van der Waals surface area contributed by atoms with Crippen LogP contribution in [0.2, 0.25) is 10.0 Å². The van der Waals surface area contributed by atoms with Gasteiger partial charge in [0, 0.05) is 31.7 Å². The summed E-state index contributed by atoms with van der Waals surface area (Å²) in [4.78, 5) is 30.0. The van der Waals surface area contributed by atoms with E-state index in [1.165, 1.54) is 4.90 Å². The molecule has 0 aliphatic carbocycles. The van der Waals surface area contributed by atoms with Crippen LogP contribution >= 0.6 is 23.2 Å². The second kappa shape index (κ2) is 11.3. The number of morpholine rings is 1. The average Bonchev–Trinajstić information content (AvgIpc) is 3.13. The number of likely N-dealkylation sites (tertiary alicyclic amines) is 1. The van der Waals surface area contributed by atoms with Crippen LogP contribution in [-0.2, 0) is 14.3 Å². The Balaban J connectivity index is 1.71. The Hall–Kier alpha value is -2.84. The summed E-state index contributed by atoms with van der Waals surface area (Å²) in [5, 5.41) is 11.9. The lowest BCUT2D eigenvalue weighted by Gasteiger charge is -2.31. The predicted octanol–water partition coefficient (Wildman–Crippen LogP) is 4.31. The van der Waals surface area contributed by atoms with Gasteiger partial charge in [0.1, 0.15) is 18.1 Å². The quantitative estimate of drug-likeness (QED) is 0.243. The molecule has 2 fully saturated rings. The average molecular weight is 517 g/mol. The summed E-state index contributed by atoms with van der Waals surface area (Å²) >= 11 is 12.4. The number of amides is 1. The lowest BCUT2D eigenvalue weighted by atomic mass is 9.95. The molecule has 0 bridgehead atoms. The van der Waals surface area contributed by atoms with Crippen molar-refractivity contribution >= 4 is 40.7 Å². The zero-order valence-corrected chi connectivity index (χ0v) is 20.6. The fraction of sp³-hybridized carbons (Fsp3) is 0.308. The van der Waals surface area contributed by atoms with Crippen LogP contribution < -0.4 is 4.74 Å². The molecule has 0 aromatic heterocycles. The largest absolute Gasteiger partial charge is 0.507 e. The van der Waals surface area contributed by atoms with Crippen LogP contribution in [-0.4, -0.2) is 72.6 Å². The van der Waals surface area contributed by atoms with Crippen LogP contribution in [0.3, 0.4) is 0 Å². The third-order valence-electron chi connectivity index (χ3n) is 6.06. The Morgan fingerprint density at radius 3 is 2.46 bits per heavy atom. The molecule has 0 radical (unpaired) electrons. The third kappa shape index (κ3) is 5.54. The van der Waals surface area contributed by atoms with E-state index in [1.54, 1.807) is 48.5 Å². The Labute approximate surface area is 214 Å². The fourth-order valence-corrected chi connectivity index (χ4v) is 4.54. The maximum Gasteiger partial charge on any atom is 0.295 e. The van der Waals surface area contributed by atoms with Gasteiger partial charge in [-0.1, -0.05) is 41.9 Å². The van der Waals surface area contributed by atoms with Crippen molar-refractivity contribution in [1.29, 1.82) is 0 Å². The summed E-state index contributed by atoms with van der Waals surface area (Å²) < 4.78 is 10.9. The Bertz CT molecular complexity index is 1140. The van der Waals surface area contributed by atoms with E-state index in [-0.39, 0.29) is 11.3 Å². The standard InChI is InChI=1S/C26H26Cl2N2O5/c1-2-13-35-19-6-3-17(4-7-19)24(31)22-23(18-5-8-20(27)21(28)16-18)30(26(33)25(22)32)10-9-29-11-14-34-15-12-29/h2-8,16,23,31H,1,9-15H2/t23-/m1/s1. The zero-order valence-electron chi connectivity index (χ0n) is 19.1. The minimum atomic E-state index is -0.803. The first kappa shape index (κ1) is 25.3. The van der Waals surface area contributed by atoms with Gasteiger partial charge in [0.15, 0.2) is 0 Å². The van der Waals surface area contributed by atoms with Gasteiger partial charge in [0.2, 0.25) is 0 Å². The van der Waals surface area contributed by atoms with E-state index in [9.17, 15) is 14.7 Å². The van der Waals surface area contributed by atoms with Gasteiger partial charge in [-0.25, -0.2) is 0 Å². The highest BCUT2D eigenvalue weighted by molar-refractivity contribution is 6.46. The Morgan fingerprint density at radius 2 is 1.80 bits per heavy atom. The summed E-state index contributed by atoms with van der Waals surface area (Å²) in [5.74, 6) is -1.08. The van der Waals surface area contributed by atoms with Gasteiger partial charge in [-0.3, -0.25) is 14.5 Å². The second-order valence-corrected chi connectivity index (χ2v) is 9.06. The number of hydrogen-bond donors (Lipinski definition) is 1. The van der Waals surface area contributed by atoms with Crippen LogP contribution in [0.15, 0.2) is 60.7 Å². The first-order valence-electron chi connectivity index (χ1n) is 11.3. The van der Waals surface area contributed by atoms with Gasteiger partial charge >= 0.3 is 0 Å². The van der Waals surface area contributed by atoms with Crippen molar-refractivity contribution in [2.75, 3.05) is 46.0 Å². The Kier molecular flexibility index (Phi) is 8.13. The molecular formula is C26H26Cl2N2O5. The number of rotatable bonds is 8. The summed E-state index contributed by atoms with van der Waals surface area (Å²) in [7, 11) is 0. The van der Waals surface area contributed by atoms with Crippen molar-refractivity contribution < 1.29 is 24.2 Å². The monoisotopic (exact) mass is 516 g/mol. The van der Waals surface area contributed by atoms with E-state index in [1.807, 2.05) is 0 Å². The number of nitrogens with zero attached hydrogens (tertiary/aromatic N) is 2. The summed E-state index contributed by atoms with van der Waals surface area (Å²) in [5.41, 5.74) is 0.996. The number of Topliss-reactive ketones (excluding diaryl/α,β-unsaturated/α-hetero) is 1. The molecule has 2 aliphatic heterocycles. The van der Waals surface area contributed by atoms with Crippen molar-refractivity contribution in [2.24, 2.45) is 0 Å². The van der Waals surface area contributed by atoms with Crippen LogP contribution in [0, 0.1) is 0 Å². The van der Waals surface area contributed by atoms with Crippen molar-refractivity contribution in [3.8, 4) is 5.75 Å². The zero-order chi connectivity index (χ0) is 24.9. The molecule has 4 rings (SSSR count). The molecule has 0 spiro atoms. The van der Waals surface area contributed by atoms with Gasteiger partial charge in [-0.15, -0.1) is 0 Å². The molecule has 2 heterocycles. The molecule has 35 heavy (non-hydrogen) atoms. The SMILES string of the molecule is C=CCOc1ccc(C(O)=C2C(=O)C(=O)N(CCN3CCOCC3)[C@@H]2c2ccc(Cl)c(Cl)c2)cc1. The molecule has 2 aromatic carbocycles. The predicted molar refractivity (Wildman–Crippen MR) is 135 cm³/mol. The van der Waals surface area contributed by atoms with Gasteiger partial charge < -0.3 is 19.5 Å². The minimum absolute atomic E-state index is 0.00938. The third-order valence-corrected chi connectivity index (χ3v) is 6.79. The Morgan fingerprint density at radius 1 is 1.09 bits per heavy atom. The molecule has 7 nitrogen and oxygen atoms in total. The minimum Gasteiger partial charge on any atom is -0.507 e. The lowest BCUT2D eigenvalue weighted by Crippen LogP contribution is -2.42. The smallest absolute Gasteiger partial charge is 0.295 e. The van der Waals surface area contributed by atoms with Gasteiger partial charge in [-0.05, 0) is 42.0 Å². The normalized spacial score (nSPS) is 20.3. The molecule has 184 valence electrons. The van der Waals surface area contributed by atoms with Crippen molar-refractivity contribution in [3.05, 3.63) is 81.9 Å². The second-order valence-electron chi connectivity index (χ2n) is 8.24. The van der Waals surface area contributed by atoms with Gasteiger partial charge in [-0.2, -0.15) is 0 Å². The van der Waals surface area contributed by atoms with Gasteiger partial charge in [0.05, 0.1) is 34.9 Å². The van der Waals surface area contributed by atoms with E-state index in [2.05, 4.69) is 11.5 Å². The van der Waals surface area contributed by atoms with E-state index >= 15 is 0 Å². The number of aliphatic hydroxyl groups excluding tert-OH is 1. The number of ketones is 1. The fourth-order valence-electron chi connectivity index (χ4n) is 4.23. The van der Waals surface area contributed by atoms with E-state index in [0.29, 0.717) is 59.8 Å². The van der Waals surface area contributed by atoms with E-state index in [4.69, 9.17) is 32.7 Å². The first-order valence-corrected chi connectivity index (χ1v) is 12.0. The van der Waals surface area contributed by atoms with E-state index in [0.717, 1.165) is 13.1 Å². The highest BCUT2D eigenvalue weighted by Gasteiger charge is 2.46. The van der Waals surface area contributed by atoms with Gasteiger partial charge in [0.25, 0.3) is 11.7 Å². The maximum atomic E-state index is 13.2.